The minimum Gasteiger partial charge on any atom is -0.310 e. The zero-order chi connectivity index (χ0) is 86.2. The number of hydrogen-bond donors (Lipinski definition) is 0. The third-order valence-corrected chi connectivity index (χ3v) is 29.3. The fraction of sp³-hybridized carbons (Fsp3) is 0.0400. The van der Waals surface area contributed by atoms with Crippen molar-refractivity contribution in [2.24, 2.45) is 0 Å². The Morgan fingerprint density at radius 1 is 0.192 bits per heavy atom. The van der Waals surface area contributed by atoms with Gasteiger partial charge >= 0.3 is 0 Å². The lowest BCUT2D eigenvalue weighted by Gasteiger charge is -2.35. The third-order valence-electron chi connectivity index (χ3n) is 28.2. The van der Waals surface area contributed by atoms with Crippen molar-refractivity contribution >= 4 is 109 Å². The van der Waals surface area contributed by atoms with E-state index in [0.717, 1.165) is 45.5 Å². The lowest BCUT2D eigenvalue weighted by atomic mass is 9.67. The van der Waals surface area contributed by atoms with Crippen LogP contribution in [-0.2, 0) is 16.2 Å². The molecule has 0 bridgehead atoms. The topological polar surface area (TPSA) is 16.3 Å². The molecule has 5 heteroatoms. The van der Waals surface area contributed by atoms with Crippen LogP contribution >= 0.6 is 11.3 Å². The number of rotatable bonds is 14. The van der Waals surface area contributed by atoms with Crippen molar-refractivity contribution in [2.45, 2.75) is 30.1 Å². The van der Waals surface area contributed by atoms with Crippen LogP contribution in [0.5, 0.6) is 0 Å². The van der Waals surface area contributed by atoms with Gasteiger partial charge in [0.2, 0.25) is 0 Å². The van der Waals surface area contributed by atoms with Gasteiger partial charge in [-0.25, -0.2) is 0 Å². The molecular weight excluding hydrogens is 1590 g/mol. The van der Waals surface area contributed by atoms with Crippen LogP contribution in [0.1, 0.15) is 69.5 Å². The molecule has 0 atom stereocenters. The molecule has 0 radical (unpaired) electrons. The molecule has 612 valence electrons. The van der Waals surface area contributed by atoms with Crippen LogP contribution < -0.4 is 9.80 Å². The molecular formula is C125H86N4S. The zero-order valence-corrected chi connectivity index (χ0v) is 72.7. The quantitative estimate of drug-likeness (QED) is 0.108. The molecule has 3 heterocycles. The third kappa shape index (κ3) is 11.9. The Morgan fingerprint density at radius 3 is 0.854 bits per heavy atom. The molecule has 0 N–H and O–H groups in total. The molecule has 0 saturated carbocycles. The van der Waals surface area contributed by atoms with Crippen molar-refractivity contribution in [1.82, 2.24) is 9.13 Å². The van der Waals surface area contributed by atoms with Crippen molar-refractivity contribution in [2.75, 3.05) is 9.80 Å². The Kier molecular flexibility index (Phi) is 17.9. The van der Waals surface area contributed by atoms with E-state index >= 15 is 0 Å². The maximum Gasteiger partial charge on any atom is 0.0714 e. The number of aromatic nitrogens is 2. The van der Waals surface area contributed by atoms with Crippen LogP contribution in [0.15, 0.2) is 485 Å². The maximum absolute atomic E-state index is 2.48. The van der Waals surface area contributed by atoms with E-state index < -0.39 is 10.8 Å². The van der Waals surface area contributed by atoms with Crippen LogP contribution in [-0.4, -0.2) is 9.13 Å². The molecule has 0 amide bonds. The van der Waals surface area contributed by atoms with Crippen LogP contribution in [0.4, 0.5) is 34.1 Å². The highest BCUT2D eigenvalue weighted by atomic mass is 32.1. The van der Waals surface area contributed by atoms with Gasteiger partial charge in [-0.2, -0.15) is 0 Å². The summed E-state index contributed by atoms with van der Waals surface area (Å²) < 4.78 is 7.36. The molecule has 0 spiro atoms. The van der Waals surface area contributed by atoms with E-state index in [2.05, 4.69) is 518 Å². The average Bonchev–Trinajstić information content (AvgIpc) is 1.55. The number of benzene rings is 20. The zero-order valence-electron chi connectivity index (χ0n) is 71.9. The Bertz CT molecular complexity index is 8170. The van der Waals surface area contributed by atoms with Gasteiger partial charge in [0.05, 0.1) is 32.9 Å². The highest BCUT2D eigenvalue weighted by Crippen LogP contribution is 2.61. The molecule has 3 aromatic heterocycles. The van der Waals surface area contributed by atoms with Gasteiger partial charge < -0.3 is 18.9 Å². The number of fused-ring (bicyclic) bond motifs is 18. The molecule has 3 aliphatic carbocycles. The van der Waals surface area contributed by atoms with Gasteiger partial charge in [0, 0.05) is 92.6 Å². The second kappa shape index (κ2) is 30.6. The molecule has 3 aliphatic rings. The molecule has 0 unspecified atom stereocenters. The summed E-state index contributed by atoms with van der Waals surface area (Å²) in [4.78, 5) is 4.92. The number of para-hydroxylation sites is 4. The van der Waals surface area contributed by atoms with Gasteiger partial charge in [-0.3, -0.25) is 0 Å². The highest BCUT2D eigenvalue weighted by molar-refractivity contribution is 7.25. The minimum absolute atomic E-state index is 0.141. The van der Waals surface area contributed by atoms with Crippen LogP contribution in [0.2, 0.25) is 0 Å². The summed E-state index contributed by atoms with van der Waals surface area (Å²) in [6, 6.07) is 180. The molecule has 4 nitrogen and oxygen atoms in total. The van der Waals surface area contributed by atoms with Gasteiger partial charge in [-0.1, -0.05) is 366 Å². The van der Waals surface area contributed by atoms with E-state index in [0.29, 0.717) is 0 Å². The molecule has 0 fully saturated rings. The number of thiophene rings is 1. The Hall–Kier alpha value is -16.2. The molecule has 26 rings (SSSR count). The van der Waals surface area contributed by atoms with Gasteiger partial charge in [-0.05, 0) is 245 Å². The second-order valence-corrected chi connectivity index (χ2v) is 36.4. The first-order chi connectivity index (χ1) is 64.2. The van der Waals surface area contributed by atoms with Crippen LogP contribution in [0.3, 0.4) is 0 Å². The van der Waals surface area contributed by atoms with Crippen molar-refractivity contribution < 1.29 is 0 Å². The minimum atomic E-state index is -0.507. The van der Waals surface area contributed by atoms with E-state index in [1.165, 1.54) is 175 Å². The fourth-order valence-corrected chi connectivity index (χ4v) is 23.4. The van der Waals surface area contributed by atoms with E-state index in [4.69, 9.17) is 0 Å². The molecule has 0 aliphatic heterocycles. The lowest BCUT2D eigenvalue weighted by Crippen LogP contribution is -2.28. The summed E-state index contributed by atoms with van der Waals surface area (Å²) in [5.74, 6) is 0. The summed E-state index contributed by atoms with van der Waals surface area (Å²) in [6.45, 7) is 4.74. The van der Waals surface area contributed by atoms with E-state index in [1.807, 2.05) is 11.3 Å². The second-order valence-electron chi connectivity index (χ2n) is 35.3. The summed E-state index contributed by atoms with van der Waals surface area (Å²) in [7, 11) is 0. The molecule has 0 saturated heterocycles. The van der Waals surface area contributed by atoms with Crippen molar-refractivity contribution in [1.29, 1.82) is 0 Å². The first-order valence-electron chi connectivity index (χ1n) is 45.1. The molecule has 130 heavy (non-hydrogen) atoms. The Balaban J connectivity index is 0.000000140. The summed E-state index contributed by atoms with van der Waals surface area (Å²) in [5.41, 5.74) is 38.2. The van der Waals surface area contributed by atoms with Crippen LogP contribution in [0.25, 0.3) is 131 Å². The number of hydrogen-bond acceptors (Lipinski definition) is 3. The van der Waals surface area contributed by atoms with Crippen LogP contribution in [0, 0.1) is 0 Å². The van der Waals surface area contributed by atoms with Gasteiger partial charge in [0.1, 0.15) is 0 Å². The Labute approximate surface area is 760 Å². The van der Waals surface area contributed by atoms with E-state index in [1.54, 1.807) is 0 Å². The van der Waals surface area contributed by atoms with E-state index in [-0.39, 0.29) is 5.41 Å². The predicted molar refractivity (Wildman–Crippen MR) is 547 cm³/mol. The van der Waals surface area contributed by atoms with Gasteiger partial charge in [-0.15, -0.1) is 11.3 Å². The number of anilines is 6. The van der Waals surface area contributed by atoms with Gasteiger partial charge in [0.25, 0.3) is 0 Å². The summed E-state index contributed by atoms with van der Waals surface area (Å²) in [6.07, 6.45) is 0. The highest BCUT2D eigenvalue weighted by Gasteiger charge is 2.49. The SMILES string of the molecule is CC1(C)c2ccccc2-c2ccc(N(c3ccc(-c4ccc(-n5c6ccccc6c6ccccc65)cc4)cc3)c3ccc4c(c3)C(c3ccccc3)(c3ccccc3)c3ccccc3-4)cc21.c1ccc(C2(c3ccccc3)c3ccccc3-c3ccc(N(c4ccc(-c5ccc(-n6c7ccccc7c7ccccc76)cc5)cc4)c4ccc5sc6ccccc6c5c4)cc32)cc1. The van der Waals surface area contributed by atoms with Crippen molar-refractivity contribution in [3.8, 4) is 67.0 Å². The van der Waals surface area contributed by atoms with Crippen molar-refractivity contribution in [3.05, 3.63) is 541 Å². The molecule has 20 aromatic carbocycles. The average molecular weight is 1680 g/mol. The maximum atomic E-state index is 2.48. The summed E-state index contributed by atoms with van der Waals surface area (Å²) in [5, 5.41) is 7.65. The Morgan fingerprint density at radius 2 is 0.462 bits per heavy atom. The summed E-state index contributed by atoms with van der Waals surface area (Å²) >= 11 is 1.86. The largest absolute Gasteiger partial charge is 0.310 e. The number of nitrogens with zero attached hydrogens (tertiary/aromatic N) is 4. The lowest BCUT2D eigenvalue weighted by molar-refractivity contribution is 0.660. The van der Waals surface area contributed by atoms with Crippen molar-refractivity contribution in [3.63, 3.8) is 0 Å². The molecule has 23 aromatic rings. The first-order valence-corrected chi connectivity index (χ1v) is 45.9. The monoisotopic (exact) mass is 1670 g/mol. The van der Waals surface area contributed by atoms with E-state index in [9.17, 15) is 0 Å². The normalized spacial score (nSPS) is 13.3. The predicted octanol–water partition coefficient (Wildman–Crippen LogP) is 33.2. The standard InChI is InChI=1S/C64H46N2.C61H40N2S/c1-63(2)57-25-13-9-21-51(57)53-39-37-49(41-59(53)63)65(47-33-29-43(30-34-47)44-31-35-48(36-32-44)66-61-27-15-11-23-55(61)56-24-12-16-28-62(56)66)50-38-40-54-52-22-10-14-26-58(52)64(60(54)42-50,45-17-5-3-6-18-45)46-19-7-4-8-20-46;1-3-15-43(16-4-1)61(44-17-5-2-6-18-44)55-23-11-7-19-49(55)50-37-35-48(40-56(50)61)62(47-36-38-60-54(39-47)53-22-10-14-26-59(53)64-60)45-31-27-41(28-32-45)42-29-33-46(34-30-42)63-57-24-12-8-20-51(57)52-21-9-13-25-58(52)63/h3-42H,1-2H3;1-40H. The smallest absolute Gasteiger partial charge is 0.0714 e. The van der Waals surface area contributed by atoms with Gasteiger partial charge in [0.15, 0.2) is 0 Å². The first kappa shape index (κ1) is 76.3. The fourth-order valence-electron chi connectivity index (χ4n) is 22.3.